The van der Waals surface area contributed by atoms with Crippen LogP contribution in [0.2, 0.25) is 91.7 Å². The second-order valence-corrected chi connectivity index (χ2v) is 27.9. The average molecular weight is 464 g/mol. The Hall–Kier alpha value is 1.14. The Balaban J connectivity index is -0.0000000725. The maximum atomic E-state index is 10.2. The van der Waals surface area contributed by atoms with E-state index in [1.54, 1.807) is 32.7 Å². The van der Waals surface area contributed by atoms with E-state index in [4.69, 9.17) is 4.12 Å². The molecule has 0 aromatic rings. The van der Waals surface area contributed by atoms with Crippen LogP contribution >= 0.6 is 0 Å². The molecule has 0 aromatic carbocycles. The fraction of sp³-hybridized carbons (Fsp3) is 1.00. The van der Waals surface area contributed by atoms with Crippen molar-refractivity contribution < 1.29 is 17.8 Å². The topological polar surface area (TPSA) is 68.2 Å². The van der Waals surface area contributed by atoms with Crippen LogP contribution in [0.15, 0.2) is 0 Å². The first kappa shape index (κ1) is 37.0. The molecule has 0 rings (SSSR count). The lowest BCUT2D eigenvalue weighted by molar-refractivity contribution is -0.203. The summed E-state index contributed by atoms with van der Waals surface area (Å²) in [4.78, 5) is 19.9. The molecule has 0 aliphatic rings. The third kappa shape index (κ3) is 131. The van der Waals surface area contributed by atoms with Crippen LogP contribution in [0.5, 0.6) is 0 Å². The molecule has 0 spiro atoms. The highest BCUT2D eigenvalue weighted by atomic mass is 28.4. The van der Waals surface area contributed by atoms with Crippen LogP contribution in [0.3, 0.4) is 0 Å². The molecule has 0 atom stereocenters. The van der Waals surface area contributed by atoms with Crippen molar-refractivity contribution in [2.24, 2.45) is 0 Å². The predicted molar refractivity (Wildman–Crippen MR) is 132 cm³/mol. The fourth-order valence-corrected chi connectivity index (χ4v) is 11.7. The van der Waals surface area contributed by atoms with Crippen LogP contribution in [0.4, 0.5) is 0 Å². The molecule has 160 valence electrons. The standard InChI is InChI=1S/C5H16OSi2.C4H14OSi2.C3H9OSi.C2H7OSi.CH4/c1-7(2)6-8(3,4)5;1-6(2)5-7(3)4;1-5(2,3)4;1-4(2)3;/h7H,1-5H3;6-7H,1-4H3;1-3H3;4H,1-2H3;1H4/q;;2*-1;/p+1. The average Bonchev–Trinajstić information content (AvgIpc) is 2.05. The summed E-state index contributed by atoms with van der Waals surface area (Å²) in [6.45, 7) is 29.0. The lowest BCUT2D eigenvalue weighted by atomic mass is 11.8. The van der Waals surface area contributed by atoms with Gasteiger partial charge >= 0.3 is 18.1 Å². The summed E-state index contributed by atoms with van der Waals surface area (Å²) in [5, 5.41) is 0. The molecule has 0 aliphatic carbocycles. The molecule has 1 N–H and O–H groups in total. The molecule has 0 unspecified atom stereocenters. The Morgan fingerprint density at radius 1 is 0.720 bits per heavy atom. The highest BCUT2D eigenvalue weighted by molar-refractivity contribution is 6.76. The summed E-state index contributed by atoms with van der Waals surface area (Å²) in [6, 6.07) is 0. The van der Waals surface area contributed by atoms with Gasteiger partial charge in [-0.15, -0.1) is 0 Å². The molecule has 0 saturated carbocycles. The molecule has 25 heavy (non-hydrogen) atoms. The molecule has 10 heteroatoms. The van der Waals surface area contributed by atoms with Crippen LogP contribution in [0.25, 0.3) is 0 Å². The van der Waals surface area contributed by atoms with Crippen molar-refractivity contribution in [3.8, 4) is 0 Å². The van der Waals surface area contributed by atoms with Crippen molar-refractivity contribution in [1.82, 2.24) is 0 Å². The van der Waals surface area contributed by atoms with E-state index >= 15 is 0 Å². The summed E-state index contributed by atoms with van der Waals surface area (Å²) in [5.74, 6) is 0. The first-order valence-corrected chi connectivity index (χ1v) is 27.0. The Labute approximate surface area is 169 Å². The Kier molecular flexibility index (Phi) is 29.4. The Bertz CT molecular complexity index is 237. The summed E-state index contributed by atoms with van der Waals surface area (Å²) >= 11 is 0. The molecule has 0 amide bonds. The van der Waals surface area contributed by atoms with Gasteiger partial charge in [0.25, 0.3) is 0 Å². The van der Waals surface area contributed by atoms with E-state index in [-0.39, 0.29) is 7.43 Å². The Morgan fingerprint density at radius 2 is 0.920 bits per heavy atom. The van der Waals surface area contributed by atoms with E-state index in [9.17, 15) is 9.59 Å². The van der Waals surface area contributed by atoms with Gasteiger partial charge in [-0.3, -0.25) is 0 Å². The smallest absolute Gasteiger partial charge is 0.340 e. The van der Waals surface area contributed by atoms with Crippen molar-refractivity contribution in [2.75, 3.05) is 0 Å². The zero-order valence-corrected chi connectivity index (χ0v) is 25.6. The van der Waals surface area contributed by atoms with Gasteiger partial charge in [-0.05, 0) is 58.9 Å². The first-order chi connectivity index (χ1) is 10.3. The second-order valence-electron chi connectivity index (χ2n) is 8.78. The van der Waals surface area contributed by atoms with Gasteiger partial charge in [-0.25, -0.2) is 0 Å². The van der Waals surface area contributed by atoms with Crippen molar-refractivity contribution in [1.29, 1.82) is 0 Å². The highest BCUT2D eigenvalue weighted by Gasteiger charge is 2.15. The summed E-state index contributed by atoms with van der Waals surface area (Å²) in [6.07, 6.45) is 0. The van der Waals surface area contributed by atoms with Crippen LogP contribution < -0.4 is 9.59 Å². The van der Waals surface area contributed by atoms with Crippen LogP contribution in [-0.4, -0.2) is 56.9 Å². The maximum absolute atomic E-state index is 10.2. The van der Waals surface area contributed by atoms with Gasteiger partial charge in [0.2, 0.25) is 0 Å². The first-order valence-electron chi connectivity index (χ1n) is 9.01. The molecule has 0 saturated heterocycles. The van der Waals surface area contributed by atoms with Gasteiger partial charge in [0.15, 0.2) is 17.4 Å². The molecule has 0 heterocycles. The molecular formula is C15H51O4Si6-. The fourth-order valence-electron chi connectivity index (χ4n) is 1.30. The van der Waals surface area contributed by atoms with E-state index in [0.717, 1.165) is 0 Å². The van der Waals surface area contributed by atoms with Crippen LogP contribution in [-0.2, 0) is 4.12 Å². The minimum absolute atomic E-state index is 0. The number of hydrogen-bond acceptors (Lipinski definition) is 3. The molecule has 0 fully saturated rings. The van der Waals surface area contributed by atoms with Crippen molar-refractivity contribution in [3.63, 3.8) is 0 Å². The van der Waals surface area contributed by atoms with Crippen LogP contribution in [0, 0.1) is 0 Å². The predicted octanol–water partition coefficient (Wildman–Crippen LogP) is 2.45. The molecule has 4 nitrogen and oxygen atoms in total. The van der Waals surface area contributed by atoms with Crippen LogP contribution in [0.1, 0.15) is 7.43 Å². The van der Waals surface area contributed by atoms with Crippen molar-refractivity contribution >= 4 is 52.8 Å². The molecular weight excluding hydrogens is 413 g/mol. The van der Waals surface area contributed by atoms with E-state index < -0.39 is 52.8 Å². The van der Waals surface area contributed by atoms with Gasteiger partial charge in [0.1, 0.15) is 0 Å². The Morgan fingerprint density at radius 3 is 0.920 bits per heavy atom. The minimum atomic E-state index is -1.86. The van der Waals surface area contributed by atoms with Crippen molar-refractivity contribution in [2.45, 2.75) is 99.1 Å². The third-order valence-corrected chi connectivity index (χ3v) is 10.7. The largest absolute Gasteiger partial charge is 0.861 e. The van der Waals surface area contributed by atoms with Gasteiger partial charge in [-0.1, -0.05) is 57.5 Å². The van der Waals surface area contributed by atoms with Crippen molar-refractivity contribution in [3.05, 3.63) is 0 Å². The van der Waals surface area contributed by atoms with E-state index in [2.05, 4.69) is 63.0 Å². The summed E-state index contributed by atoms with van der Waals surface area (Å²) in [5.41, 5.74) is 0. The lowest BCUT2D eigenvalue weighted by Gasteiger charge is -2.21. The van der Waals surface area contributed by atoms with E-state index in [1.807, 2.05) is 0 Å². The molecule has 0 bridgehead atoms. The normalized spacial score (nSPS) is 11.0. The molecule has 0 aromatic heterocycles. The van der Waals surface area contributed by atoms with E-state index in [0.29, 0.717) is 0 Å². The summed E-state index contributed by atoms with van der Waals surface area (Å²) in [7, 11) is -6.23. The molecule has 0 radical (unpaired) electrons. The lowest BCUT2D eigenvalue weighted by Crippen LogP contribution is -2.38. The number of hydrogen-bond donors (Lipinski definition) is 0. The van der Waals surface area contributed by atoms with Gasteiger partial charge in [0.05, 0.1) is 0 Å². The van der Waals surface area contributed by atoms with Gasteiger partial charge in [-0.2, -0.15) is 0 Å². The number of rotatable bonds is 4. The summed E-state index contributed by atoms with van der Waals surface area (Å²) < 4.78 is 10.3. The zero-order valence-electron chi connectivity index (χ0n) is 19.0. The quantitative estimate of drug-likeness (QED) is 0.475. The monoisotopic (exact) mass is 463 g/mol. The molecule has 0 aliphatic heterocycles. The van der Waals surface area contributed by atoms with E-state index in [1.165, 1.54) is 0 Å². The van der Waals surface area contributed by atoms with Gasteiger partial charge < -0.3 is 17.8 Å². The second kappa shape index (κ2) is 19.9. The maximum Gasteiger partial charge on any atom is 0.340 e. The van der Waals surface area contributed by atoms with Gasteiger partial charge in [0, 0.05) is 0 Å². The minimum Gasteiger partial charge on any atom is -0.861 e. The third-order valence-electron chi connectivity index (χ3n) is 1.19. The zero-order chi connectivity index (χ0) is 20.7. The SMILES string of the molecule is C.C[SiH](C)O[Si](C)(C)C.C[SiH](C)[O-].C[SiH](C)[OH+][SiH](C)C.C[Si](C)(C)[O-]. The highest BCUT2D eigenvalue weighted by Crippen LogP contribution is 2.03.